The maximum Gasteiger partial charge on any atom is 0.0682 e. The number of nitrogens with zero attached hydrogens (tertiary/aromatic N) is 2. The van der Waals surface area contributed by atoms with Crippen molar-refractivity contribution in [1.82, 2.24) is 4.90 Å². The number of hydrogen-bond acceptors (Lipinski definition) is 2. The van der Waals surface area contributed by atoms with E-state index < -0.39 is 0 Å². The first kappa shape index (κ1) is 17.7. The molecule has 0 aromatic heterocycles. The molecule has 1 atom stereocenters. The van der Waals surface area contributed by atoms with Crippen LogP contribution in [0.2, 0.25) is 0 Å². The van der Waals surface area contributed by atoms with Gasteiger partial charge in [0.25, 0.3) is 0 Å². The van der Waals surface area contributed by atoms with Crippen molar-refractivity contribution in [3.8, 4) is 0 Å². The Hall–Kier alpha value is -0.370. The third-order valence-corrected chi connectivity index (χ3v) is 5.15. The van der Waals surface area contributed by atoms with Crippen molar-refractivity contribution >= 4 is 6.21 Å². The molecule has 0 amide bonds. The first-order valence-corrected chi connectivity index (χ1v) is 8.28. The molecule has 0 aliphatic carbocycles. The summed E-state index contributed by atoms with van der Waals surface area (Å²) in [5.41, 5.74) is 0.409. The predicted molar refractivity (Wildman–Crippen MR) is 89.4 cm³/mol. The molecule has 1 aliphatic rings. The Kier molecular flexibility index (Phi) is 6.71. The fraction of sp³-hybridized carbons (Fsp3) is 0.889. The summed E-state index contributed by atoms with van der Waals surface area (Å²) >= 11 is 0. The van der Waals surface area contributed by atoms with Gasteiger partial charge in [0, 0.05) is 11.1 Å². The van der Waals surface area contributed by atoms with Gasteiger partial charge in [-0.25, -0.2) is 0 Å². The second kappa shape index (κ2) is 7.59. The van der Waals surface area contributed by atoms with Crippen molar-refractivity contribution in [2.24, 2.45) is 4.99 Å². The minimum absolute atomic E-state index is 0.128. The van der Waals surface area contributed by atoms with Gasteiger partial charge in [0.05, 0.1) is 12.3 Å². The maximum atomic E-state index is 4.77. The molecule has 1 unspecified atom stereocenters. The molecule has 1 rings (SSSR count). The molecule has 0 aromatic rings. The van der Waals surface area contributed by atoms with Crippen LogP contribution in [0.5, 0.6) is 0 Å². The molecule has 1 saturated heterocycles. The molecule has 0 N–H and O–H groups in total. The van der Waals surface area contributed by atoms with E-state index in [2.05, 4.69) is 52.8 Å². The van der Waals surface area contributed by atoms with E-state index in [1.807, 2.05) is 0 Å². The summed E-state index contributed by atoms with van der Waals surface area (Å²) in [6.07, 6.45) is 12.9. The van der Waals surface area contributed by atoms with Crippen LogP contribution in [0.4, 0.5) is 0 Å². The minimum atomic E-state index is 0.128. The Bertz CT molecular complexity index is 305. The zero-order chi connectivity index (χ0) is 15.2. The standard InChI is InChI=1S/C18H34N2/c1-7-8-9-10-11-12-15-19-16-13-14-17(2,3)20(6)18(16,4)5/h16H,1,7-14H2,2-6H3. The van der Waals surface area contributed by atoms with Gasteiger partial charge in [-0.3, -0.25) is 9.89 Å². The number of rotatable bonds is 7. The molecule has 1 aliphatic heterocycles. The molecule has 0 bridgehead atoms. The summed E-state index contributed by atoms with van der Waals surface area (Å²) < 4.78 is 0. The molecule has 0 aromatic carbocycles. The van der Waals surface area contributed by atoms with Crippen molar-refractivity contribution < 1.29 is 0 Å². The van der Waals surface area contributed by atoms with E-state index >= 15 is 0 Å². The Balaban J connectivity index is 2.40. The van der Waals surface area contributed by atoms with E-state index in [0.29, 0.717) is 6.04 Å². The maximum absolute atomic E-state index is 4.77. The lowest BCUT2D eigenvalue weighted by molar-refractivity contribution is -0.0156. The highest BCUT2D eigenvalue weighted by atomic mass is 15.3. The summed E-state index contributed by atoms with van der Waals surface area (Å²) in [7, 11) is 2.24. The molecule has 2 nitrogen and oxygen atoms in total. The molecular weight excluding hydrogens is 244 g/mol. The third kappa shape index (κ3) is 4.58. The van der Waals surface area contributed by atoms with Gasteiger partial charge in [0.2, 0.25) is 0 Å². The van der Waals surface area contributed by atoms with E-state index in [1.54, 1.807) is 0 Å². The molecule has 1 fully saturated rings. The average molecular weight is 278 g/mol. The number of hydrogen-bond donors (Lipinski definition) is 0. The molecule has 116 valence electrons. The molecule has 1 heterocycles. The van der Waals surface area contributed by atoms with Crippen LogP contribution in [-0.4, -0.2) is 35.3 Å². The summed E-state index contributed by atoms with van der Waals surface area (Å²) in [5, 5.41) is 0. The average Bonchev–Trinajstić information content (AvgIpc) is 2.38. The lowest BCUT2D eigenvalue weighted by atomic mass is 9.77. The molecular formula is C18H34N2. The van der Waals surface area contributed by atoms with Gasteiger partial charge >= 0.3 is 0 Å². The van der Waals surface area contributed by atoms with Crippen molar-refractivity contribution in [3.05, 3.63) is 6.92 Å². The lowest BCUT2D eigenvalue weighted by Crippen LogP contribution is -2.62. The number of unbranched alkanes of at least 4 members (excludes halogenated alkanes) is 5. The van der Waals surface area contributed by atoms with Crippen LogP contribution in [-0.2, 0) is 0 Å². The topological polar surface area (TPSA) is 15.6 Å². The van der Waals surface area contributed by atoms with Crippen LogP contribution >= 0.6 is 0 Å². The highest BCUT2D eigenvalue weighted by Gasteiger charge is 2.44. The smallest absolute Gasteiger partial charge is 0.0682 e. The summed E-state index contributed by atoms with van der Waals surface area (Å²) in [4.78, 5) is 7.26. The first-order valence-electron chi connectivity index (χ1n) is 8.28. The van der Waals surface area contributed by atoms with Gasteiger partial charge in [0.15, 0.2) is 0 Å². The van der Waals surface area contributed by atoms with Crippen molar-refractivity contribution in [2.75, 3.05) is 7.05 Å². The first-order chi connectivity index (χ1) is 9.32. The van der Waals surface area contributed by atoms with E-state index in [1.165, 1.54) is 38.5 Å². The summed E-state index contributed by atoms with van der Waals surface area (Å²) in [6, 6.07) is 0.389. The van der Waals surface area contributed by atoms with Crippen LogP contribution in [0, 0.1) is 6.92 Å². The molecule has 2 radical (unpaired) electrons. The second-order valence-electron chi connectivity index (χ2n) is 7.38. The van der Waals surface area contributed by atoms with Crippen LogP contribution < -0.4 is 0 Å². The number of likely N-dealkylation sites (N-methyl/N-ethyl adjacent to an activating group) is 1. The SMILES string of the molecule is [CH2]CCCCCC/[C]=N/C1CCC(C)(C)N(C)C1(C)C. The second-order valence-corrected chi connectivity index (χ2v) is 7.38. The highest BCUT2D eigenvalue weighted by molar-refractivity contribution is 5.57. The molecule has 0 saturated carbocycles. The number of piperidine rings is 1. The minimum Gasteiger partial charge on any atom is -0.294 e. The van der Waals surface area contributed by atoms with E-state index in [4.69, 9.17) is 4.99 Å². The predicted octanol–water partition coefficient (Wildman–Crippen LogP) is 4.76. The molecule has 20 heavy (non-hydrogen) atoms. The van der Waals surface area contributed by atoms with Crippen LogP contribution in [0.25, 0.3) is 0 Å². The fourth-order valence-corrected chi connectivity index (χ4v) is 3.15. The van der Waals surface area contributed by atoms with Gasteiger partial charge < -0.3 is 0 Å². The Labute approximate surface area is 127 Å². The van der Waals surface area contributed by atoms with Crippen molar-refractivity contribution in [1.29, 1.82) is 0 Å². The fourth-order valence-electron chi connectivity index (χ4n) is 3.15. The van der Waals surface area contributed by atoms with Crippen LogP contribution in [0.15, 0.2) is 4.99 Å². The summed E-state index contributed by atoms with van der Waals surface area (Å²) in [5.74, 6) is 0. The zero-order valence-corrected chi connectivity index (χ0v) is 14.3. The van der Waals surface area contributed by atoms with Crippen molar-refractivity contribution in [2.45, 2.75) is 96.2 Å². The monoisotopic (exact) mass is 278 g/mol. The third-order valence-electron chi connectivity index (χ3n) is 5.15. The van der Waals surface area contributed by atoms with E-state index in [9.17, 15) is 0 Å². The number of likely N-dealkylation sites (tertiary alicyclic amines) is 1. The zero-order valence-electron chi connectivity index (χ0n) is 14.3. The normalized spacial score (nSPS) is 26.2. The highest BCUT2D eigenvalue weighted by Crippen LogP contribution is 2.38. The number of aliphatic imine (C=N–C) groups is 1. The Morgan fingerprint density at radius 2 is 1.80 bits per heavy atom. The summed E-state index contributed by atoms with van der Waals surface area (Å²) in [6.45, 7) is 13.2. The van der Waals surface area contributed by atoms with E-state index in [-0.39, 0.29) is 11.1 Å². The molecule has 2 heteroatoms. The largest absolute Gasteiger partial charge is 0.294 e. The molecule has 0 spiro atoms. The van der Waals surface area contributed by atoms with Crippen LogP contribution in [0.3, 0.4) is 0 Å². The lowest BCUT2D eigenvalue weighted by Gasteiger charge is -2.53. The van der Waals surface area contributed by atoms with Gasteiger partial charge in [-0.05, 0) is 60.4 Å². The van der Waals surface area contributed by atoms with Gasteiger partial charge in [0.1, 0.15) is 0 Å². The van der Waals surface area contributed by atoms with Crippen LogP contribution in [0.1, 0.15) is 79.1 Å². The van der Waals surface area contributed by atoms with Gasteiger partial charge in [-0.1, -0.05) is 32.6 Å². The van der Waals surface area contributed by atoms with Crippen molar-refractivity contribution in [3.63, 3.8) is 0 Å². The Morgan fingerprint density at radius 3 is 2.45 bits per heavy atom. The van der Waals surface area contributed by atoms with Gasteiger partial charge in [-0.2, -0.15) is 0 Å². The Morgan fingerprint density at radius 1 is 1.15 bits per heavy atom. The van der Waals surface area contributed by atoms with Gasteiger partial charge in [-0.15, -0.1) is 0 Å². The quantitative estimate of drug-likeness (QED) is 0.484. The van der Waals surface area contributed by atoms with E-state index in [0.717, 1.165) is 12.8 Å².